The van der Waals surface area contributed by atoms with Gasteiger partial charge in [-0.2, -0.15) is 0 Å². The van der Waals surface area contributed by atoms with Crippen LogP contribution in [0.1, 0.15) is 21.5 Å². The lowest BCUT2D eigenvalue weighted by Gasteiger charge is -2.11. The van der Waals surface area contributed by atoms with Gasteiger partial charge in [-0.05, 0) is 60.5 Å². The van der Waals surface area contributed by atoms with E-state index >= 15 is 0 Å². The zero-order chi connectivity index (χ0) is 21.0. The second kappa shape index (κ2) is 8.48. The molecular weight excluding hydrogens is 395 g/mol. The molecule has 0 saturated heterocycles. The fraction of sp³-hybridized carbons (Fsp3) is 0.100. The number of amides is 1. The van der Waals surface area contributed by atoms with Crippen LogP contribution in [0.15, 0.2) is 65.7 Å². The van der Waals surface area contributed by atoms with Crippen molar-refractivity contribution >= 4 is 15.9 Å². The Morgan fingerprint density at radius 2 is 1.90 bits per heavy atom. The van der Waals surface area contributed by atoms with Gasteiger partial charge in [-0.1, -0.05) is 12.1 Å². The zero-order valence-electron chi connectivity index (χ0n) is 15.5. The predicted molar refractivity (Wildman–Crippen MR) is 106 cm³/mol. The van der Waals surface area contributed by atoms with Gasteiger partial charge in [0, 0.05) is 23.9 Å². The molecule has 4 N–H and O–H groups in total. The molecule has 3 aromatic rings. The quantitative estimate of drug-likeness (QED) is 0.536. The number of halogens is 1. The number of benzene rings is 2. The third-order valence-corrected chi connectivity index (χ3v) is 5.40. The van der Waals surface area contributed by atoms with E-state index in [2.05, 4.69) is 10.4 Å². The maximum Gasteiger partial charge on any atom is 0.266 e. The number of nitrogens with two attached hydrogens (primary N) is 1. The number of sulfonamides is 1. The molecule has 0 bridgehead atoms. The molecular formula is C20H19FN4O3S. The number of nitrogens with zero attached hydrogens (tertiary/aromatic N) is 1. The Kier molecular flexibility index (Phi) is 6.02. The number of hydrazine groups is 1. The van der Waals surface area contributed by atoms with E-state index < -0.39 is 26.6 Å². The van der Waals surface area contributed by atoms with Crippen molar-refractivity contribution in [1.29, 1.82) is 0 Å². The summed E-state index contributed by atoms with van der Waals surface area (Å²) in [6, 6.07) is 13.5. The molecule has 0 aliphatic carbocycles. The second-order valence-electron chi connectivity index (χ2n) is 6.33. The molecule has 2 aromatic carbocycles. The normalized spacial score (nSPS) is 11.3. The molecule has 0 spiro atoms. The highest BCUT2D eigenvalue weighted by molar-refractivity contribution is 7.89. The highest BCUT2D eigenvalue weighted by atomic mass is 32.2. The maximum absolute atomic E-state index is 13.7. The van der Waals surface area contributed by atoms with Crippen LogP contribution in [0.4, 0.5) is 4.39 Å². The van der Waals surface area contributed by atoms with E-state index in [0.29, 0.717) is 17.8 Å². The third-order valence-electron chi connectivity index (χ3n) is 4.12. The summed E-state index contributed by atoms with van der Waals surface area (Å²) in [5.74, 6) is -1.61. The molecule has 0 radical (unpaired) electrons. The lowest BCUT2D eigenvalue weighted by atomic mass is 10.0. The molecule has 0 unspecified atom stereocenters. The first-order valence-electron chi connectivity index (χ1n) is 8.64. The molecule has 1 heterocycles. The number of nitrogens with one attached hydrogen (secondary N) is 2. The standard InChI is InChI=1S/C20H19FN4O3S/c1-13-8-15(18-10-14(12-22)6-7-23-18)11-16(9-13)20(26)24-25-29(27,28)19-5-3-2-4-17(19)21/h2-11,25H,12,22H2,1H3,(H,24,26). The number of pyridine rings is 1. The Labute approximate surface area is 167 Å². The first kappa shape index (κ1) is 20.6. The molecule has 3 rings (SSSR count). The van der Waals surface area contributed by atoms with E-state index in [9.17, 15) is 17.6 Å². The third kappa shape index (κ3) is 4.83. The summed E-state index contributed by atoms with van der Waals surface area (Å²) in [5.41, 5.74) is 11.0. The van der Waals surface area contributed by atoms with E-state index in [1.165, 1.54) is 12.1 Å². The van der Waals surface area contributed by atoms with Crippen LogP contribution in [0.25, 0.3) is 11.3 Å². The average molecular weight is 414 g/mol. The Morgan fingerprint density at radius 1 is 1.14 bits per heavy atom. The molecule has 29 heavy (non-hydrogen) atoms. The van der Waals surface area contributed by atoms with Crippen LogP contribution < -0.4 is 16.0 Å². The van der Waals surface area contributed by atoms with Crippen LogP contribution in [0.5, 0.6) is 0 Å². The first-order valence-corrected chi connectivity index (χ1v) is 10.1. The van der Waals surface area contributed by atoms with Gasteiger partial charge in [-0.25, -0.2) is 12.8 Å². The van der Waals surface area contributed by atoms with E-state index in [1.54, 1.807) is 31.3 Å². The van der Waals surface area contributed by atoms with Crippen molar-refractivity contribution in [2.75, 3.05) is 0 Å². The van der Waals surface area contributed by atoms with Gasteiger partial charge < -0.3 is 5.73 Å². The molecule has 7 nitrogen and oxygen atoms in total. The Bertz CT molecular complexity index is 1170. The number of hydrogen-bond acceptors (Lipinski definition) is 5. The van der Waals surface area contributed by atoms with Gasteiger partial charge in [0.2, 0.25) is 0 Å². The van der Waals surface area contributed by atoms with Gasteiger partial charge in [0.05, 0.1) is 5.69 Å². The molecule has 0 atom stereocenters. The molecule has 150 valence electrons. The minimum Gasteiger partial charge on any atom is -0.326 e. The van der Waals surface area contributed by atoms with Crippen LogP contribution in [0.2, 0.25) is 0 Å². The smallest absolute Gasteiger partial charge is 0.266 e. The molecule has 0 aliphatic heterocycles. The number of aromatic nitrogens is 1. The highest BCUT2D eigenvalue weighted by Gasteiger charge is 2.20. The van der Waals surface area contributed by atoms with Crippen LogP contribution in [-0.4, -0.2) is 19.3 Å². The minimum atomic E-state index is -4.26. The van der Waals surface area contributed by atoms with Crippen LogP contribution >= 0.6 is 0 Å². The lowest BCUT2D eigenvalue weighted by Crippen LogP contribution is -2.41. The summed E-state index contributed by atoms with van der Waals surface area (Å²) < 4.78 is 38.2. The molecule has 1 amide bonds. The Hall–Kier alpha value is -3.14. The van der Waals surface area contributed by atoms with Crippen molar-refractivity contribution in [3.63, 3.8) is 0 Å². The number of carbonyl (C=O) groups excluding carboxylic acids is 1. The molecule has 9 heteroatoms. The van der Waals surface area contributed by atoms with E-state index in [-0.39, 0.29) is 5.56 Å². The fourth-order valence-electron chi connectivity index (χ4n) is 2.72. The fourth-order valence-corrected chi connectivity index (χ4v) is 3.64. The monoisotopic (exact) mass is 414 g/mol. The lowest BCUT2D eigenvalue weighted by molar-refractivity contribution is 0.0945. The Balaban J connectivity index is 1.83. The van der Waals surface area contributed by atoms with Crippen molar-refractivity contribution in [1.82, 2.24) is 15.2 Å². The molecule has 1 aromatic heterocycles. The zero-order valence-corrected chi connectivity index (χ0v) is 16.3. The number of carbonyl (C=O) groups is 1. The minimum absolute atomic E-state index is 0.219. The van der Waals surface area contributed by atoms with E-state index in [1.807, 2.05) is 17.0 Å². The van der Waals surface area contributed by atoms with Gasteiger partial charge in [0.25, 0.3) is 15.9 Å². The molecule has 0 saturated carbocycles. The number of rotatable bonds is 6. The summed E-state index contributed by atoms with van der Waals surface area (Å²) in [6.07, 6.45) is 1.63. The van der Waals surface area contributed by atoms with Crippen LogP contribution in [0, 0.1) is 12.7 Å². The van der Waals surface area contributed by atoms with Crippen LogP contribution in [0.3, 0.4) is 0 Å². The molecule has 0 aliphatic rings. The van der Waals surface area contributed by atoms with Crippen molar-refractivity contribution in [2.24, 2.45) is 5.73 Å². The summed E-state index contributed by atoms with van der Waals surface area (Å²) >= 11 is 0. The Morgan fingerprint density at radius 3 is 2.62 bits per heavy atom. The summed E-state index contributed by atoms with van der Waals surface area (Å²) in [5, 5.41) is 0. The maximum atomic E-state index is 13.7. The summed E-state index contributed by atoms with van der Waals surface area (Å²) in [7, 11) is -4.26. The van der Waals surface area contributed by atoms with Gasteiger partial charge in [-0.3, -0.25) is 15.2 Å². The topological polar surface area (TPSA) is 114 Å². The number of hydrogen-bond donors (Lipinski definition) is 3. The van der Waals surface area contributed by atoms with Crippen molar-refractivity contribution in [2.45, 2.75) is 18.4 Å². The van der Waals surface area contributed by atoms with Gasteiger partial charge in [-0.15, -0.1) is 4.83 Å². The number of aryl methyl sites for hydroxylation is 1. The SMILES string of the molecule is Cc1cc(C(=O)NNS(=O)(=O)c2ccccc2F)cc(-c2cc(CN)ccn2)c1. The van der Waals surface area contributed by atoms with Crippen molar-refractivity contribution in [3.05, 3.63) is 83.3 Å². The second-order valence-corrected chi connectivity index (χ2v) is 7.98. The van der Waals surface area contributed by atoms with E-state index in [0.717, 1.165) is 23.3 Å². The molecule has 0 fully saturated rings. The van der Waals surface area contributed by atoms with Crippen LogP contribution in [-0.2, 0) is 16.6 Å². The summed E-state index contributed by atoms with van der Waals surface area (Å²) in [4.78, 5) is 18.1. The van der Waals surface area contributed by atoms with Gasteiger partial charge >= 0.3 is 0 Å². The predicted octanol–water partition coefficient (Wildman–Crippen LogP) is 2.28. The highest BCUT2D eigenvalue weighted by Crippen LogP contribution is 2.21. The van der Waals surface area contributed by atoms with Gasteiger partial charge in [0.15, 0.2) is 0 Å². The average Bonchev–Trinajstić information content (AvgIpc) is 2.72. The van der Waals surface area contributed by atoms with E-state index in [4.69, 9.17) is 5.73 Å². The van der Waals surface area contributed by atoms with Crippen molar-refractivity contribution < 1.29 is 17.6 Å². The first-order chi connectivity index (χ1) is 13.8. The van der Waals surface area contributed by atoms with Crippen molar-refractivity contribution in [3.8, 4) is 11.3 Å². The van der Waals surface area contributed by atoms with Gasteiger partial charge in [0.1, 0.15) is 10.7 Å². The summed E-state index contributed by atoms with van der Waals surface area (Å²) in [6.45, 7) is 2.16. The largest absolute Gasteiger partial charge is 0.326 e.